The van der Waals surface area contributed by atoms with Crippen molar-refractivity contribution < 1.29 is 54.4 Å². The first kappa shape index (κ1) is 47.1. The van der Waals surface area contributed by atoms with Crippen LogP contribution in [0, 0.1) is 0 Å². The second kappa shape index (κ2) is 33.2. The number of ether oxygens (including phenoxy) is 6. The normalized spacial score (nSPS) is 14.0. The van der Waals surface area contributed by atoms with Crippen molar-refractivity contribution in [3.8, 4) is 0 Å². The number of rotatable bonds is 37. The Morgan fingerprint density at radius 1 is 0.479 bits per heavy atom. The minimum absolute atomic E-state index is 0.131. The van der Waals surface area contributed by atoms with Gasteiger partial charge in [0.05, 0.1) is 64.4 Å². The minimum Gasteiger partial charge on any atom is -0.376 e. The van der Waals surface area contributed by atoms with Crippen molar-refractivity contribution in [3.05, 3.63) is 24.3 Å². The molecule has 0 bridgehead atoms. The molecule has 0 heterocycles. The Hall–Kier alpha value is -0.940. The van der Waals surface area contributed by atoms with Crippen LogP contribution < -0.4 is 0 Å². The molecule has 14 heteroatoms. The quantitative estimate of drug-likeness (QED) is 0.0423. The molecule has 0 aliphatic rings. The highest BCUT2D eigenvalue weighted by Crippen LogP contribution is 2.07. The maximum atomic E-state index is 11.0. The van der Waals surface area contributed by atoms with Gasteiger partial charge in [0.25, 0.3) is 20.2 Å². The van der Waals surface area contributed by atoms with Gasteiger partial charge in [-0.05, 0) is 38.5 Å². The van der Waals surface area contributed by atoms with Crippen LogP contribution in [0.5, 0.6) is 0 Å². The molecule has 0 saturated carbocycles. The van der Waals surface area contributed by atoms with E-state index >= 15 is 0 Å². The molecule has 0 spiro atoms. The maximum absolute atomic E-state index is 11.0. The van der Waals surface area contributed by atoms with E-state index in [2.05, 4.69) is 26.0 Å². The van der Waals surface area contributed by atoms with Gasteiger partial charge in [0.15, 0.2) is 0 Å². The number of allylic oxidation sites excluding steroid dienone is 2. The molecular weight excluding hydrogens is 664 g/mol. The van der Waals surface area contributed by atoms with Crippen LogP contribution in [-0.4, -0.2) is 116 Å². The lowest BCUT2D eigenvalue weighted by Crippen LogP contribution is -2.29. The van der Waals surface area contributed by atoms with Gasteiger partial charge in [0.1, 0.15) is 12.2 Å². The van der Waals surface area contributed by atoms with E-state index in [0.717, 1.165) is 25.7 Å². The van der Waals surface area contributed by atoms with Gasteiger partial charge in [-0.25, -0.2) is 0 Å². The topological polar surface area (TPSA) is 164 Å². The number of unbranched alkanes of at least 4 members (excludes halogenated alkanes) is 10. The molecule has 0 saturated heterocycles. The van der Waals surface area contributed by atoms with Gasteiger partial charge in [0, 0.05) is 13.2 Å². The zero-order valence-electron chi connectivity index (χ0n) is 29.6. The van der Waals surface area contributed by atoms with Crippen LogP contribution >= 0.6 is 0 Å². The summed E-state index contributed by atoms with van der Waals surface area (Å²) < 4.78 is 96.3. The summed E-state index contributed by atoms with van der Waals surface area (Å²) >= 11 is 0. The highest BCUT2D eigenvalue weighted by atomic mass is 32.2. The monoisotopic (exact) mass is 730 g/mol. The molecule has 0 aliphatic heterocycles. The highest BCUT2D eigenvalue weighted by molar-refractivity contribution is 7.86. The van der Waals surface area contributed by atoms with E-state index in [1.54, 1.807) is 0 Å². The molecule has 0 amide bonds. The van der Waals surface area contributed by atoms with Crippen LogP contribution in [0.15, 0.2) is 24.3 Å². The lowest BCUT2D eigenvalue weighted by molar-refractivity contribution is -0.0795. The SMILES string of the molecule is CCCCCCC/C=C/COCC(COCCOCC(COC/C=C/CCCCCCC)OCCCS(=O)(=O)O)OCCCS(=O)(=O)O. The Kier molecular flexibility index (Phi) is 32.6. The van der Waals surface area contributed by atoms with E-state index < -0.39 is 32.4 Å². The third-order valence-electron chi connectivity index (χ3n) is 7.10. The van der Waals surface area contributed by atoms with Crippen LogP contribution in [0.3, 0.4) is 0 Å². The Balaban J connectivity index is 4.51. The summed E-state index contributed by atoms with van der Waals surface area (Å²) in [6.45, 7) is 7.00. The van der Waals surface area contributed by atoms with Crippen LogP contribution in [0.25, 0.3) is 0 Å². The first-order valence-electron chi connectivity index (χ1n) is 17.8. The average Bonchev–Trinajstić information content (AvgIpc) is 3.02. The Morgan fingerprint density at radius 2 is 0.854 bits per heavy atom. The fourth-order valence-corrected chi connectivity index (χ4v) is 5.42. The van der Waals surface area contributed by atoms with Crippen LogP contribution in [-0.2, 0) is 48.7 Å². The van der Waals surface area contributed by atoms with E-state index in [1.165, 1.54) is 51.4 Å². The molecule has 2 atom stereocenters. The van der Waals surface area contributed by atoms with Gasteiger partial charge >= 0.3 is 0 Å². The zero-order valence-corrected chi connectivity index (χ0v) is 31.3. The molecule has 48 heavy (non-hydrogen) atoms. The molecule has 2 N–H and O–H groups in total. The summed E-state index contributed by atoms with van der Waals surface area (Å²) in [6, 6.07) is 0. The van der Waals surface area contributed by atoms with Crippen LogP contribution in [0.2, 0.25) is 0 Å². The smallest absolute Gasteiger partial charge is 0.264 e. The van der Waals surface area contributed by atoms with E-state index in [-0.39, 0.29) is 77.2 Å². The van der Waals surface area contributed by atoms with Crippen molar-refractivity contribution in [1.29, 1.82) is 0 Å². The van der Waals surface area contributed by atoms with Crippen LogP contribution in [0.1, 0.15) is 104 Å². The largest absolute Gasteiger partial charge is 0.376 e. The molecule has 2 unspecified atom stereocenters. The molecule has 0 aromatic carbocycles. The van der Waals surface area contributed by atoms with Gasteiger partial charge in [-0.2, -0.15) is 16.8 Å². The molecule has 0 radical (unpaired) electrons. The summed E-state index contributed by atoms with van der Waals surface area (Å²) in [4.78, 5) is 0. The van der Waals surface area contributed by atoms with Crippen molar-refractivity contribution in [2.75, 3.05) is 77.6 Å². The number of hydrogen-bond acceptors (Lipinski definition) is 10. The van der Waals surface area contributed by atoms with Crippen molar-refractivity contribution in [1.82, 2.24) is 0 Å². The van der Waals surface area contributed by atoms with Crippen molar-refractivity contribution in [2.45, 2.75) is 116 Å². The summed E-state index contributed by atoms with van der Waals surface area (Å²) in [5, 5.41) is 0. The second-order valence-corrected chi connectivity index (χ2v) is 15.0. The van der Waals surface area contributed by atoms with Gasteiger partial charge in [-0.15, -0.1) is 0 Å². The fraction of sp³-hybridized carbons (Fsp3) is 0.882. The first-order valence-corrected chi connectivity index (χ1v) is 21.0. The zero-order chi connectivity index (χ0) is 35.6. The van der Waals surface area contributed by atoms with E-state index in [9.17, 15) is 16.8 Å². The van der Waals surface area contributed by atoms with Gasteiger partial charge < -0.3 is 28.4 Å². The average molecular weight is 731 g/mol. The number of hydrogen-bond donors (Lipinski definition) is 2. The first-order chi connectivity index (χ1) is 23.1. The Bertz CT molecular complexity index is 893. The van der Waals surface area contributed by atoms with E-state index in [0.29, 0.717) is 13.2 Å². The van der Waals surface area contributed by atoms with Gasteiger partial charge in [0.2, 0.25) is 0 Å². The van der Waals surface area contributed by atoms with Crippen molar-refractivity contribution in [3.63, 3.8) is 0 Å². The lowest BCUT2D eigenvalue weighted by Gasteiger charge is -2.19. The summed E-state index contributed by atoms with van der Waals surface area (Å²) in [6.07, 6.45) is 22.0. The molecule has 12 nitrogen and oxygen atoms in total. The predicted molar refractivity (Wildman–Crippen MR) is 190 cm³/mol. The Labute approximate surface area is 291 Å². The minimum atomic E-state index is -4.05. The van der Waals surface area contributed by atoms with Crippen LogP contribution in [0.4, 0.5) is 0 Å². The predicted octanol–water partition coefficient (Wildman–Crippen LogP) is 6.21. The molecule has 0 rings (SSSR count). The lowest BCUT2D eigenvalue weighted by atomic mass is 10.1. The summed E-state index contributed by atoms with van der Waals surface area (Å²) in [7, 11) is -8.10. The highest BCUT2D eigenvalue weighted by Gasteiger charge is 2.13. The summed E-state index contributed by atoms with van der Waals surface area (Å²) in [5.74, 6) is -0.761. The van der Waals surface area contributed by atoms with Crippen molar-refractivity contribution >= 4 is 20.2 Å². The molecule has 0 fully saturated rings. The van der Waals surface area contributed by atoms with Crippen molar-refractivity contribution in [2.24, 2.45) is 0 Å². The Morgan fingerprint density at radius 3 is 1.23 bits per heavy atom. The summed E-state index contributed by atoms with van der Waals surface area (Å²) in [5.41, 5.74) is 0. The van der Waals surface area contributed by atoms with Gasteiger partial charge in [-0.3, -0.25) is 9.11 Å². The van der Waals surface area contributed by atoms with E-state index in [1.807, 2.05) is 12.2 Å². The van der Waals surface area contributed by atoms with Gasteiger partial charge in [-0.1, -0.05) is 89.5 Å². The maximum Gasteiger partial charge on any atom is 0.264 e. The molecule has 0 aliphatic carbocycles. The molecular formula is C34H66O12S2. The standard InChI is InChI=1S/C34H66O12S2/c1-3-5-7-9-11-13-15-17-21-41-29-33(45-23-19-27-47(35,36)37)31-43-25-26-44-32-34(46-24-20-28-48(38,39)40)30-42-22-18-16-14-12-10-8-6-4-2/h15-18,33-34H,3-14,19-32H2,1-2H3,(H,35,36,37)(H,38,39,40)/b17-15+,18-16+. The second-order valence-electron chi connectivity index (χ2n) is 11.8. The third-order valence-corrected chi connectivity index (χ3v) is 8.71. The fourth-order valence-electron chi connectivity index (χ4n) is 4.46. The molecule has 0 aromatic heterocycles. The van der Waals surface area contributed by atoms with E-state index in [4.69, 9.17) is 37.5 Å². The third kappa shape index (κ3) is 37.9. The molecule has 286 valence electrons. The molecule has 0 aromatic rings.